The van der Waals surface area contributed by atoms with Crippen molar-refractivity contribution in [3.05, 3.63) is 36.5 Å². The molecule has 1 fully saturated rings. The molecule has 3 rings (SSSR count). The van der Waals surface area contributed by atoms with Crippen molar-refractivity contribution >= 4 is 5.91 Å². The first-order valence-corrected chi connectivity index (χ1v) is 6.96. The Bertz CT molecular complexity index is 626. The number of hydrogen-bond acceptors (Lipinski definition) is 5. The van der Waals surface area contributed by atoms with E-state index in [1.54, 1.807) is 24.7 Å². The zero-order chi connectivity index (χ0) is 14.8. The van der Waals surface area contributed by atoms with Crippen molar-refractivity contribution in [2.45, 2.75) is 13.0 Å². The number of amides is 1. The van der Waals surface area contributed by atoms with Crippen LogP contribution in [0.1, 0.15) is 17.3 Å². The minimum atomic E-state index is -0.00537. The Balaban J connectivity index is 1.92. The quantitative estimate of drug-likeness (QED) is 0.801. The number of nitrogens with zero attached hydrogens (tertiary/aromatic N) is 6. The second-order valence-corrected chi connectivity index (χ2v) is 5.32. The fraction of sp³-hybridized carbons (Fsp3) is 0.429. The van der Waals surface area contributed by atoms with Crippen LogP contribution >= 0.6 is 0 Å². The third-order valence-corrected chi connectivity index (χ3v) is 3.74. The highest BCUT2D eigenvalue weighted by Crippen LogP contribution is 2.17. The number of hydrogen-bond donors (Lipinski definition) is 0. The highest BCUT2D eigenvalue weighted by atomic mass is 16.2. The van der Waals surface area contributed by atoms with Crippen LogP contribution in [-0.2, 0) is 0 Å². The summed E-state index contributed by atoms with van der Waals surface area (Å²) in [5, 5.41) is 4.07. The van der Waals surface area contributed by atoms with Crippen LogP contribution in [0.4, 0.5) is 0 Å². The summed E-state index contributed by atoms with van der Waals surface area (Å²) in [4.78, 5) is 25.2. The van der Waals surface area contributed by atoms with E-state index >= 15 is 0 Å². The van der Waals surface area contributed by atoms with Crippen LogP contribution in [0, 0.1) is 0 Å². The maximum atomic E-state index is 12.8. The fourth-order valence-electron chi connectivity index (χ4n) is 2.66. The molecule has 7 heteroatoms. The Morgan fingerprint density at radius 3 is 2.95 bits per heavy atom. The molecule has 110 valence electrons. The minimum absolute atomic E-state index is 0.00537. The van der Waals surface area contributed by atoms with E-state index in [0.717, 1.165) is 19.6 Å². The fourth-order valence-corrected chi connectivity index (χ4v) is 2.66. The second-order valence-electron chi connectivity index (χ2n) is 5.32. The molecule has 1 amide bonds. The number of pyridine rings is 1. The van der Waals surface area contributed by atoms with Crippen molar-refractivity contribution in [1.29, 1.82) is 0 Å². The van der Waals surface area contributed by atoms with Crippen LogP contribution in [0.3, 0.4) is 0 Å². The zero-order valence-electron chi connectivity index (χ0n) is 12.2. The van der Waals surface area contributed by atoms with Gasteiger partial charge in [-0.2, -0.15) is 5.10 Å². The molecule has 1 aliphatic rings. The van der Waals surface area contributed by atoms with Gasteiger partial charge in [-0.3, -0.25) is 4.79 Å². The highest BCUT2D eigenvalue weighted by Gasteiger charge is 2.28. The van der Waals surface area contributed by atoms with E-state index in [-0.39, 0.29) is 11.9 Å². The molecule has 0 bridgehead atoms. The third kappa shape index (κ3) is 2.64. The van der Waals surface area contributed by atoms with Gasteiger partial charge in [-0.25, -0.2) is 14.6 Å². The molecule has 0 aliphatic carbocycles. The summed E-state index contributed by atoms with van der Waals surface area (Å²) in [7, 11) is 2.07. The summed E-state index contributed by atoms with van der Waals surface area (Å²) in [6.45, 7) is 4.56. The molecule has 1 unspecified atom stereocenters. The molecule has 0 saturated carbocycles. The molecule has 21 heavy (non-hydrogen) atoms. The first-order chi connectivity index (χ1) is 10.2. The zero-order valence-corrected chi connectivity index (χ0v) is 12.2. The Labute approximate surface area is 123 Å². The van der Waals surface area contributed by atoms with Gasteiger partial charge in [-0.15, -0.1) is 0 Å². The molecular formula is C14H18N6O. The maximum absolute atomic E-state index is 12.8. The van der Waals surface area contributed by atoms with E-state index in [0.29, 0.717) is 11.4 Å². The van der Waals surface area contributed by atoms with Crippen molar-refractivity contribution in [2.24, 2.45) is 0 Å². The van der Waals surface area contributed by atoms with Crippen LogP contribution in [-0.4, -0.2) is 68.2 Å². The van der Waals surface area contributed by atoms with Crippen LogP contribution in [0.5, 0.6) is 0 Å². The molecule has 0 radical (unpaired) electrons. The van der Waals surface area contributed by atoms with Crippen LogP contribution in [0.2, 0.25) is 0 Å². The third-order valence-electron chi connectivity index (χ3n) is 3.74. The SMILES string of the molecule is CC1CN(C)CCN1C(=O)c1cccnc1-n1cncn1. The summed E-state index contributed by atoms with van der Waals surface area (Å²) in [6.07, 6.45) is 4.63. The molecule has 3 heterocycles. The Kier molecular flexibility index (Phi) is 3.66. The van der Waals surface area contributed by atoms with E-state index in [1.165, 1.54) is 11.0 Å². The monoisotopic (exact) mass is 286 g/mol. The van der Waals surface area contributed by atoms with Gasteiger partial charge in [0, 0.05) is 31.9 Å². The molecule has 7 nitrogen and oxygen atoms in total. The first-order valence-electron chi connectivity index (χ1n) is 6.96. The summed E-state index contributed by atoms with van der Waals surface area (Å²) < 4.78 is 1.52. The molecule has 2 aromatic rings. The summed E-state index contributed by atoms with van der Waals surface area (Å²) >= 11 is 0. The van der Waals surface area contributed by atoms with Crippen molar-refractivity contribution in [2.75, 3.05) is 26.7 Å². The molecule has 1 saturated heterocycles. The summed E-state index contributed by atoms with van der Waals surface area (Å²) in [5.74, 6) is 0.514. The molecule has 1 aliphatic heterocycles. The number of piperazine rings is 1. The molecule has 0 aromatic carbocycles. The molecule has 0 spiro atoms. The van der Waals surface area contributed by atoms with E-state index in [9.17, 15) is 4.79 Å². The average molecular weight is 286 g/mol. The van der Waals surface area contributed by atoms with E-state index in [4.69, 9.17) is 0 Å². The molecule has 0 N–H and O–H groups in total. The van der Waals surface area contributed by atoms with Gasteiger partial charge in [0.1, 0.15) is 12.7 Å². The van der Waals surface area contributed by atoms with Gasteiger partial charge in [0.25, 0.3) is 5.91 Å². The number of carbonyl (C=O) groups is 1. The van der Waals surface area contributed by atoms with Gasteiger partial charge in [-0.05, 0) is 26.1 Å². The van der Waals surface area contributed by atoms with Crippen molar-refractivity contribution in [3.63, 3.8) is 0 Å². The number of rotatable bonds is 2. The lowest BCUT2D eigenvalue weighted by Gasteiger charge is -2.38. The van der Waals surface area contributed by atoms with E-state index < -0.39 is 0 Å². The number of carbonyl (C=O) groups excluding carboxylic acids is 1. The predicted octanol–water partition coefficient (Wildman–Crippen LogP) is 0.438. The first kappa shape index (κ1) is 13.7. The van der Waals surface area contributed by atoms with Gasteiger partial charge < -0.3 is 9.80 Å². The van der Waals surface area contributed by atoms with Crippen LogP contribution in [0.25, 0.3) is 5.82 Å². The molecular weight excluding hydrogens is 268 g/mol. The maximum Gasteiger partial charge on any atom is 0.258 e. The van der Waals surface area contributed by atoms with Gasteiger partial charge in [0.2, 0.25) is 0 Å². The Morgan fingerprint density at radius 2 is 2.24 bits per heavy atom. The largest absolute Gasteiger partial charge is 0.333 e. The average Bonchev–Trinajstić information content (AvgIpc) is 3.01. The normalized spacial score (nSPS) is 19.7. The Morgan fingerprint density at radius 1 is 1.38 bits per heavy atom. The number of aromatic nitrogens is 4. The van der Waals surface area contributed by atoms with Crippen molar-refractivity contribution < 1.29 is 4.79 Å². The van der Waals surface area contributed by atoms with Crippen molar-refractivity contribution in [3.8, 4) is 5.82 Å². The van der Waals surface area contributed by atoms with Crippen LogP contribution in [0.15, 0.2) is 31.0 Å². The smallest absolute Gasteiger partial charge is 0.258 e. The van der Waals surface area contributed by atoms with Crippen LogP contribution < -0.4 is 0 Å². The predicted molar refractivity (Wildman–Crippen MR) is 77.1 cm³/mol. The van der Waals surface area contributed by atoms with Crippen molar-refractivity contribution in [1.82, 2.24) is 29.5 Å². The lowest BCUT2D eigenvalue weighted by molar-refractivity contribution is 0.0533. The van der Waals surface area contributed by atoms with E-state index in [2.05, 4.69) is 33.9 Å². The lowest BCUT2D eigenvalue weighted by Crippen LogP contribution is -2.52. The highest BCUT2D eigenvalue weighted by molar-refractivity contribution is 5.97. The second kappa shape index (κ2) is 5.61. The molecule has 1 atom stereocenters. The van der Waals surface area contributed by atoms with E-state index in [1.807, 2.05) is 4.90 Å². The molecule has 2 aromatic heterocycles. The summed E-state index contributed by atoms with van der Waals surface area (Å²) in [6, 6.07) is 3.74. The lowest BCUT2D eigenvalue weighted by atomic mass is 10.1. The van der Waals surface area contributed by atoms with Gasteiger partial charge in [0.15, 0.2) is 5.82 Å². The standard InChI is InChI=1S/C14H18N6O/c1-11-8-18(2)6-7-19(11)14(21)12-4-3-5-16-13(12)20-10-15-9-17-20/h3-5,9-11H,6-8H2,1-2H3. The van der Waals surface area contributed by atoms with Gasteiger partial charge in [0.05, 0.1) is 5.56 Å². The topological polar surface area (TPSA) is 67.2 Å². The van der Waals surface area contributed by atoms with Gasteiger partial charge >= 0.3 is 0 Å². The summed E-state index contributed by atoms with van der Waals surface area (Å²) in [5.41, 5.74) is 0.555. The number of likely N-dealkylation sites (N-methyl/N-ethyl adjacent to an activating group) is 1. The van der Waals surface area contributed by atoms with Gasteiger partial charge in [-0.1, -0.05) is 0 Å². The minimum Gasteiger partial charge on any atom is -0.333 e. The Hall–Kier alpha value is -2.28.